The Kier molecular flexibility index (Phi) is 1.91. The minimum absolute atomic E-state index is 0.0512. The summed E-state index contributed by atoms with van der Waals surface area (Å²) in [6, 6.07) is 1.29. The Morgan fingerprint density at radius 3 is 2.80 bits per heavy atom. The molecule has 0 saturated carbocycles. The van der Waals surface area contributed by atoms with Crippen molar-refractivity contribution in [2.75, 3.05) is 0 Å². The Labute approximate surface area is 61.1 Å². The van der Waals surface area contributed by atoms with Crippen LogP contribution < -0.4 is 11.2 Å². The molecular formula is C5H5ClN2O2. The second-order valence-electron chi connectivity index (χ2n) is 1.70. The standard InChI is InChI=1S/C5H5ClN2O2/c6-3-8-2-1-4(9)7-5(8)10/h1-2H,3H2,(H,7,9,10). The van der Waals surface area contributed by atoms with Gasteiger partial charge in [-0.15, -0.1) is 11.6 Å². The summed E-state index contributed by atoms with van der Waals surface area (Å²) in [6.07, 6.45) is 1.34. The first-order valence-electron chi connectivity index (χ1n) is 2.60. The predicted octanol–water partition coefficient (Wildman–Crippen LogP) is -0.267. The summed E-state index contributed by atoms with van der Waals surface area (Å²) in [6.45, 7) is 0. The number of hydrogen-bond donors (Lipinski definition) is 1. The molecule has 10 heavy (non-hydrogen) atoms. The molecular weight excluding hydrogens is 156 g/mol. The molecule has 0 spiro atoms. The molecule has 0 aliphatic rings. The molecule has 1 rings (SSSR count). The van der Waals surface area contributed by atoms with E-state index in [1.54, 1.807) is 0 Å². The Balaban J connectivity index is 3.34. The molecule has 0 atom stereocenters. The monoisotopic (exact) mass is 160 g/mol. The molecule has 1 N–H and O–H groups in total. The lowest BCUT2D eigenvalue weighted by Crippen LogP contribution is -2.27. The van der Waals surface area contributed by atoms with Gasteiger partial charge in [0.25, 0.3) is 5.56 Å². The number of halogens is 1. The zero-order valence-electron chi connectivity index (χ0n) is 5.00. The van der Waals surface area contributed by atoms with Gasteiger partial charge in [0.2, 0.25) is 0 Å². The topological polar surface area (TPSA) is 54.9 Å². The fourth-order valence-corrected chi connectivity index (χ4v) is 0.727. The summed E-state index contributed by atoms with van der Waals surface area (Å²) >= 11 is 5.33. The van der Waals surface area contributed by atoms with Crippen molar-refractivity contribution in [1.82, 2.24) is 9.55 Å². The second kappa shape index (κ2) is 2.70. The van der Waals surface area contributed by atoms with E-state index in [-0.39, 0.29) is 6.00 Å². The third kappa shape index (κ3) is 1.27. The largest absolute Gasteiger partial charge is 0.329 e. The highest BCUT2D eigenvalue weighted by molar-refractivity contribution is 6.15. The van der Waals surface area contributed by atoms with Crippen LogP contribution in [0.5, 0.6) is 0 Å². The van der Waals surface area contributed by atoms with Gasteiger partial charge in [-0.05, 0) is 0 Å². The van der Waals surface area contributed by atoms with Crippen LogP contribution in [0.25, 0.3) is 0 Å². The van der Waals surface area contributed by atoms with Crippen molar-refractivity contribution in [2.24, 2.45) is 0 Å². The molecule has 0 aliphatic carbocycles. The lowest BCUT2D eigenvalue weighted by Gasteiger charge is -1.94. The highest BCUT2D eigenvalue weighted by atomic mass is 35.5. The Hall–Kier alpha value is -1.03. The van der Waals surface area contributed by atoms with Crippen LogP contribution in [-0.4, -0.2) is 9.55 Å². The van der Waals surface area contributed by atoms with Crippen LogP contribution in [0.3, 0.4) is 0 Å². The molecule has 0 radical (unpaired) electrons. The van der Waals surface area contributed by atoms with Crippen molar-refractivity contribution >= 4 is 11.6 Å². The number of nitrogens with one attached hydrogen (secondary N) is 1. The number of hydrogen-bond acceptors (Lipinski definition) is 2. The molecule has 1 aromatic rings. The minimum Gasteiger partial charge on any atom is -0.286 e. The van der Waals surface area contributed by atoms with E-state index in [1.165, 1.54) is 16.8 Å². The maximum absolute atomic E-state index is 10.7. The van der Waals surface area contributed by atoms with Gasteiger partial charge in [-0.1, -0.05) is 0 Å². The smallest absolute Gasteiger partial charge is 0.286 e. The van der Waals surface area contributed by atoms with Crippen molar-refractivity contribution in [3.63, 3.8) is 0 Å². The van der Waals surface area contributed by atoms with Crippen molar-refractivity contribution in [3.05, 3.63) is 33.1 Å². The van der Waals surface area contributed by atoms with Gasteiger partial charge in [-0.25, -0.2) is 4.79 Å². The van der Waals surface area contributed by atoms with E-state index in [4.69, 9.17) is 11.6 Å². The second-order valence-corrected chi connectivity index (χ2v) is 1.94. The van der Waals surface area contributed by atoms with E-state index >= 15 is 0 Å². The molecule has 0 fully saturated rings. The van der Waals surface area contributed by atoms with E-state index in [2.05, 4.69) is 4.98 Å². The first-order valence-corrected chi connectivity index (χ1v) is 3.13. The maximum atomic E-state index is 10.7. The number of alkyl halides is 1. The van der Waals surface area contributed by atoms with E-state index in [9.17, 15) is 9.59 Å². The van der Waals surface area contributed by atoms with Gasteiger partial charge in [0, 0.05) is 12.3 Å². The van der Waals surface area contributed by atoms with Crippen LogP contribution in [0.15, 0.2) is 21.9 Å². The molecule has 0 aromatic carbocycles. The normalized spacial score (nSPS) is 9.70. The highest BCUT2D eigenvalue weighted by Crippen LogP contribution is 1.78. The molecule has 4 nitrogen and oxygen atoms in total. The van der Waals surface area contributed by atoms with Gasteiger partial charge < -0.3 is 0 Å². The fourth-order valence-electron chi connectivity index (χ4n) is 0.538. The Morgan fingerprint density at radius 1 is 1.60 bits per heavy atom. The van der Waals surface area contributed by atoms with E-state index in [0.29, 0.717) is 0 Å². The number of aromatic amines is 1. The van der Waals surface area contributed by atoms with Crippen LogP contribution in [0.2, 0.25) is 0 Å². The van der Waals surface area contributed by atoms with Gasteiger partial charge >= 0.3 is 5.69 Å². The molecule has 54 valence electrons. The zero-order valence-corrected chi connectivity index (χ0v) is 5.76. The maximum Gasteiger partial charge on any atom is 0.329 e. The number of rotatable bonds is 1. The van der Waals surface area contributed by atoms with Gasteiger partial charge in [-0.3, -0.25) is 14.3 Å². The van der Waals surface area contributed by atoms with Gasteiger partial charge in [-0.2, -0.15) is 0 Å². The molecule has 0 aliphatic heterocycles. The molecule has 0 bridgehead atoms. The van der Waals surface area contributed by atoms with Crippen LogP contribution in [0, 0.1) is 0 Å². The summed E-state index contributed by atoms with van der Waals surface area (Å²) in [5.41, 5.74) is -0.895. The van der Waals surface area contributed by atoms with Gasteiger partial charge in [0.1, 0.15) is 6.00 Å². The summed E-state index contributed by atoms with van der Waals surface area (Å²) < 4.78 is 1.18. The molecule has 1 aromatic heterocycles. The Bertz CT molecular complexity index is 327. The molecule has 5 heteroatoms. The van der Waals surface area contributed by atoms with E-state index in [0.717, 1.165) is 0 Å². The summed E-state index contributed by atoms with van der Waals surface area (Å²) in [4.78, 5) is 23.2. The third-order valence-electron chi connectivity index (χ3n) is 1.03. The van der Waals surface area contributed by atoms with Crippen molar-refractivity contribution in [2.45, 2.75) is 6.00 Å². The molecule has 0 amide bonds. The third-order valence-corrected chi connectivity index (χ3v) is 1.28. The number of nitrogens with zero attached hydrogens (tertiary/aromatic N) is 1. The lowest BCUT2D eigenvalue weighted by molar-refractivity contribution is 0.777. The zero-order chi connectivity index (χ0) is 7.56. The van der Waals surface area contributed by atoms with Crippen LogP contribution >= 0.6 is 11.6 Å². The van der Waals surface area contributed by atoms with Crippen LogP contribution in [0.4, 0.5) is 0 Å². The number of aromatic nitrogens is 2. The summed E-state index contributed by atoms with van der Waals surface area (Å²) in [5, 5.41) is 0. The first-order chi connectivity index (χ1) is 4.74. The molecule has 1 heterocycles. The lowest BCUT2D eigenvalue weighted by atomic mass is 10.6. The van der Waals surface area contributed by atoms with Gasteiger partial charge in [0.15, 0.2) is 0 Å². The highest BCUT2D eigenvalue weighted by Gasteiger charge is 1.90. The quantitative estimate of drug-likeness (QED) is 0.576. The average molecular weight is 161 g/mol. The van der Waals surface area contributed by atoms with E-state index in [1.807, 2.05) is 0 Å². The van der Waals surface area contributed by atoms with Crippen molar-refractivity contribution < 1.29 is 0 Å². The number of H-pyrrole nitrogens is 1. The van der Waals surface area contributed by atoms with Crippen molar-refractivity contribution in [3.8, 4) is 0 Å². The molecule has 0 saturated heterocycles. The minimum atomic E-state index is -0.484. The van der Waals surface area contributed by atoms with E-state index < -0.39 is 11.2 Å². The Morgan fingerprint density at radius 2 is 2.30 bits per heavy atom. The molecule has 0 unspecified atom stereocenters. The summed E-state index contributed by atoms with van der Waals surface area (Å²) in [7, 11) is 0. The fraction of sp³-hybridized carbons (Fsp3) is 0.200. The van der Waals surface area contributed by atoms with Crippen LogP contribution in [0.1, 0.15) is 0 Å². The average Bonchev–Trinajstić information content (AvgIpc) is 1.88. The summed E-state index contributed by atoms with van der Waals surface area (Å²) in [5.74, 6) is 0. The first kappa shape index (κ1) is 7.08. The van der Waals surface area contributed by atoms with Crippen LogP contribution in [-0.2, 0) is 6.00 Å². The predicted molar refractivity (Wildman–Crippen MR) is 37.2 cm³/mol. The van der Waals surface area contributed by atoms with Crippen molar-refractivity contribution in [1.29, 1.82) is 0 Å². The van der Waals surface area contributed by atoms with Gasteiger partial charge in [0.05, 0.1) is 0 Å². The SMILES string of the molecule is O=c1ccn(CCl)c(=O)[nH]1.